The van der Waals surface area contributed by atoms with Gasteiger partial charge in [-0.1, -0.05) is 103 Å². The molecule has 1 N–H and O–H groups in total. The molecule has 4 aromatic rings. The van der Waals surface area contributed by atoms with Gasteiger partial charge in [-0.15, -0.1) is 0 Å². The third kappa shape index (κ3) is 8.44. The minimum Gasteiger partial charge on any atom is -0.352 e. The first-order chi connectivity index (χ1) is 23.0. The van der Waals surface area contributed by atoms with Crippen LogP contribution in [0.25, 0.3) is 0 Å². The highest BCUT2D eigenvalue weighted by atomic mass is 35.5. The monoisotopic (exact) mass is 689 g/mol. The fraction of sp³-hybridized carbons (Fsp3) is 0.316. The molecule has 0 unspecified atom stereocenters. The van der Waals surface area contributed by atoms with E-state index in [2.05, 4.69) is 5.32 Å². The minimum absolute atomic E-state index is 0.00296. The maximum Gasteiger partial charge on any atom is 0.264 e. The standard InChI is InChI=1S/C38H41ClFN3O4S/c1-27-20-22-32(23-21-27)48(46,47)43(35-19-11-17-33(39)28(35)2)26-37(44)42(25-30-14-9-10-18-34(30)40)36(24-29-12-5-3-6-13-29)38(45)41-31-15-7-4-8-16-31/h3,5-6,9-14,17-23,31,36H,4,7-8,15-16,24-26H2,1-2H3,(H,41,45)/t36-/m0/s1. The van der Waals surface area contributed by atoms with Gasteiger partial charge in [0, 0.05) is 29.6 Å². The zero-order chi connectivity index (χ0) is 34.3. The number of carbonyl (C=O) groups is 2. The van der Waals surface area contributed by atoms with E-state index < -0.39 is 34.3 Å². The normalized spacial score (nSPS) is 14.2. The van der Waals surface area contributed by atoms with Crippen molar-refractivity contribution < 1.29 is 22.4 Å². The van der Waals surface area contributed by atoms with E-state index in [0.717, 1.165) is 47.5 Å². The number of anilines is 1. The number of carbonyl (C=O) groups excluding carboxylic acids is 2. The van der Waals surface area contributed by atoms with Crippen LogP contribution in [0.5, 0.6) is 0 Å². The number of halogens is 2. The largest absolute Gasteiger partial charge is 0.352 e. The van der Waals surface area contributed by atoms with Crippen LogP contribution in [-0.2, 0) is 32.6 Å². The van der Waals surface area contributed by atoms with Crippen molar-refractivity contribution in [1.29, 1.82) is 0 Å². The van der Waals surface area contributed by atoms with Gasteiger partial charge in [0.25, 0.3) is 10.0 Å². The molecule has 7 nitrogen and oxygen atoms in total. The van der Waals surface area contributed by atoms with Crippen molar-refractivity contribution in [3.8, 4) is 0 Å². The molecule has 4 aromatic carbocycles. The van der Waals surface area contributed by atoms with Gasteiger partial charge in [-0.3, -0.25) is 13.9 Å². The number of benzene rings is 4. The quantitative estimate of drug-likeness (QED) is 0.168. The zero-order valence-corrected chi connectivity index (χ0v) is 28.8. The summed E-state index contributed by atoms with van der Waals surface area (Å²) in [5.74, 6) is -1.55. The predicted molar refractivity (Wildman–Crippen MR) is 188 cm³/mol. The minimum atomic E-state index is -4.29. The molecule has 10 heteroatoms. The van der Waals surface area contributed by atoms with E-state index in [-0.39, 0.29) is 41.1 Å². The summed E-state index contributed by atoms with van der Waals surface area (Å²) < 4.78 is 44.8. The summed E-state index contributed by atoms with van der Waals surface area (Å²) in [4.78, 5) is 30.2. The molecule has 0 aromatic heterocycles. The maximum atomic E-state index is 15.2. The lowest BCUT2D eigenvalue weighted by Crippen LogP contribution is -2.55. The summed E-state index contributed by atoms with van der Waals surface area (Å²) in [6, 6.07) is 25.5. The van der Waals surface area contributed by atoms with E-state index in [0.29, 0.717) is 10.6 Å². The van der Waals surface area contributed by atoms with Gasteiger partial charge in [-0.05, 0) is 68.1 Å². The Morgan fingerprint density at radius 3 is 2.23 bits per heavy atom. The third-order valence-electron chi connectivity index (χ3n) is 8.92. The summed E-state index contributed by atoms with van der Waals surface area (Å²) in [5, 5.41) is 3.50. The molecule has 0 aliphatic heterocycles. The van der Waals surface area contributed by atoms with E-state index in [1.165, 1.54) is 23.1 Å². The van der Waals surface area contributed by atoms with E-state index in [9.17, 15) is 18.0 Å². The van der Waals surface area contributed by atoms with Gasteiger partial charge in [0.2, 0.25) is 11.8 Å². The summed E-state index contributed by atoms with van der Waals surface area (Å²) in [6.07, 6.45) is 4.92. The molecule has 2 amide bonds. The van der Waals surface area contributed by atoms with Crippen molar-refractivity contribution >= 4 is 39.1 Å². The molecule has 0 heterocycles. The Morgan fingerprint density at radius 2 is 1.54 bits per heavy atom. The second-order valence-electron chi connectivity index (χ2n) is 12.4. The Balaban J connectivity index is 1.59. The molecule has 0 radical (unpaired) electrons. The molecule has 5 rings (SSSR count). The number of nitrogens with one attached hydrogen (secondary N) is 1. The molecule has 0 bridgehead atoms. The molecule has 1 fully saturated rings. The lowest BCUT2D eigenvalue weighted by Gasteiger charge is -2.35. The number of hydrogen-bond donors (Lipinski definition) is 1. The van der Waals surface area contributed by atoms with Crippen LogP contribution in [0.3, 0.4) is 0 Å². The van der Waals surface area contributed by atoms with Crippen LogP contribution in [0, 0.1) is 19.7 Å². The van der Waals surface area contributed by atoms with Gasteiger partial charge in [0.15, 0.2) is 0 Å². The van der Waals surface area contributed by atoms with Gasteiger partial charge in [-0.25, -0.2) is 12.8 Å². The summed E-state index contributed by atoms with van der Waals surface area (Å²) in [6.45, 7) is 2.65. The number of amides is 2. The van der Waals surface area contributed by atoms with Crippen LogP contribution in [0.1, 0.15) is 54.4 Å². The number of hydrogen-bond acceptors (Lipinski definition) is 4. The lowest BCUT2D eigenvalue weighted by molar-refractivity contribution is -0.140. The first-order valence-corrected chi connectivity index (χ1v) is 18.1. The van der Waals surface area contributed by atoms with E-state index in [1.807, 2.05) is 37.3 Å². The first kappa shape index (κ1) is 35.1. The van der Waals surface area contributed by atoms with Gasteiger partial charge in [-0.2, -0.15) is 0 Å². The number of rotatable bonds is 12. The summed E-state index contributed by atoms with van der Waals surface area (Å²) in [7, 11) is -4.29. The second-order valence-corrected chi connectivity index (χ2v) is 14.6. The Kier molecular flexibility index (Phi) is 11.5. The van der Waals surface area contributed by atoms with Crippen LogP contribution in [0.15, 0.2) is 102 Å². The molecule has 1 aliphatic rings. The van der Waals surface area contributed by atoms with E-state index >= 15 is 4.39 Å². The highest BCUT2D eigenvalue weighted by molar-refractivity contribution is 7.92. The Bertz CT molecular complexity index is 1830. The molecular formula is C38H41ClFN3O4S. The van der Waals surface area contributed by atoms with Gasteiger partial charge in [0.05, 0.1) is 10.6 Å². The van der Waals surface area contributed by atoms with E-state index in [4.69, 9.17) is 11.6 Å². The smallest absolute Gasteiger partial charge is 0.264 e. The van der Waals surface area contributed by atoms with Crippen LogP contribution in [0.4, 0.5) is 10.1 Å². The topological polar surface area (TPSA) is 86.8 Å². The van der Waals surface area contributed by atoms with Gasteiger partial charge in [0.1, 0.15) is 18.4 Å². The second kappa shape index (κ2) is 15.8. The molecule has 252 valence electrons. The van der Waals surface area contributed by atoms with Crippen molar-refractivity contribution in [3.63, 3.8) is 0 Å². The highest BCUT2D eigenvalue weighted by Crippen LogP contribution is 2.32. The van der Waals surface area contributed by atoms with Crippen molar-refractivity contribution in [3.05, 3.63) is 130 Å². The first-order valence-electron chi connectivity index (χ1n) is 16.3. The molecule has 1 saturated carbocycles. The highest BCUT2D eigenvalue weighted by Gasteiger charge is 2.36. The SMILES string of the molecule is Cc1ccc(S(=O)(=O)N(CC(=O)N(Cc2ccccc2F)[C@@H](Cc2ccccc2)C(=O)NC2CCCCC2)c2cccc(Cl)c2C)cc1. The third-order valence-corrected chi connectivity index (χ3v) is 11.1. The molecular weight excluding hydrogens is 649 g/mol. The average molecular weight is 690 g/mol. The Hall–Kier alpha value is -4.21. The summed E-state index contributed by atoms with van der Waals surface area (Å²) in [5.41, 5.74) is 2.59. The average Bonchev–Trinajstić information content (AvgIpc) is 3.08. The van der Waals surface area contributed by atoms with Gasteiger partial charge < -0.3 is 10.2 Å². The van der Waals surface area contributed by atoms with Gasteiger partial charge >= 0.3 is 0 Å². The fourth-order valence-corrected chi connectivity index (χ4v) is 7.77. The Labute approximate surface area is 287 Å². The van der Waals surface area contributed by atoms with Crippen LogP contribution >= 0.6 is 11.6 Å². The predicted octanol–water partition coefficient (Wildman–Crippen LogP) is 7.38. The summed E-state index contributed by atoms with van der Waals surface area (Å²) >= 11 is 6.46. The van der Waals surface area contributed by atoms with Crippen molar-refractivity contribution in [2.45, 2.75) is 75.9 Å². The number of sulfonamides is 1. The van der Waals surface area contributed by atoms with E-state index in [1.54, 1.807) is 55.5 Å². The Morgan fingerprint density at radius 1 is 0.875 bits per heavy atom. The molecule has 0 spiro atoms. The fourth-order valence-electron chi connectivity index (χ4n) is 6.13. The lowest BCUT2D eigenvalue weighted by atomic mass is 9.94. The van der Waals surface area contributed by atoms with Crippen molar-refractivity contribution in [2.75, 3.05) is 10.8 Å². The molecule has 48 heavy (non-hydrogen) atoms. The van der Waals surface area contributed by atoms with Crippen molar-refractivity contribution in [1.82, 2.24) is 10.2 Å². The number of aryl methyl sites for hydroxylation is 1. The molecule has 1 aliphatic carbocycles. The van der Waals surface area contributed by atoms with Crippen LogP contribution < -0.4 is 9.62 Å². The van der Waals surface area contributed by atoms with Crippen molar-refractivity contribution in [2.24, 2.45) is 0 Å². The zero-order valence-electron chi connectivity index (χ0n) is 27.2. The van der Waals surface area contributed by atoms with Crippen LogP contribution in [-0.4, -0.2) is 43.8 Å². The molecule has 1 atom stereocenters. The molecule has 0 saturated heterocycles. The van der Waals surface area contributed by atoms with Crippen LogP contribution in [0.2, 0.25) is 5.02 Å². The number of nitrogens with zero attached hydrogens (tertiary/aromatic N) is 2. The maximum absolute atomic E-state index is 15.2.